The van der Waals surface area contributed by atoms with Crippen LogP contribution in [0.3, 0.4) is 0 Å². The summed E-state index contributed by atoms with van der Waals surface area (Å²) in [5.74, 6) is -0.647. The highest BCUT2D eigenvalue weighted by Gasteiger charge is 2.22. The van der Waals surface area contributed by atoms with E-state index >= 15 is 0 Å². The van der Waals surface area contributed by atoms with Crippen LogP contribution in [0.25, 0.3) is 0 Å². The number of hydrogen-bond acceptors (Lipinski definition) is 4. The highest BCUT2D eigenvalue weighted by Crippen LogP contribution is 2.24. The molecule has 100 valence electrons. The molecule has 0 amide bonds. The lowest BCUT2D eigenvalue weighted by atomic mass is 9.85. The van der Waals surface area contributed by atoms with E-state index in [1.165, 1.54) is 0 Å². The second kappa shape index (κ2) is 5.98. The van der Waals surface area contributed by atoms with Gasteiger partial charge in [-0.1, -0.05) is 38.1 Å². The normalized spacial score (nSPS) is 13.2. The maximum Gasteiger partial charge on any atom is 0.339 e. The van der Waals surface area contributed by atoms with E-state index in [9.17, 15) is 15.0 Å². The average Bonchev–Trinajstić information content (AvgIpc) is 2.38. The summed E-state index contributed by atoms with van der Waals surface area (Å²) in [7, 11) is 0. The van der Waals surface area contributed by atoms with Gasteiger partial charge in [-0.2, -0.15) is 0 Å². The molecule has 0 saturated carbocycles. The second-order valence-corrected chi connectivity index (χ2v) is 4.82. The Labute approximate surface area is 107 Å². The Balaban J connectivity index is 2.86. The van der Waals surface area contributed by atoms with Crippen LogP contribution in [0.4, 0.5) is 0 Å². The summed E-state index contributed by atoms with van der Waals surface area (Å²) < 4.78 is 4.75. The van der Waals surface area contributed by atoms with Crippen molar-refractivity contribution in [1.29, 1.82) is 0 Å². The van der Waals surface area contributed by atoms with Gasteiger partial charge in [-0.25, -0.2) is 4.79 Å². The highest BCUT2D eigenvalue weighted by molar-refractivity contribution is 5.76. The van der Waals surface area contributed by atoms with Crippen LogP contribution < -0.4 is 0 Å². The zero-order chi connectivity index (χ0) is 13.8. The van der Waals surface area contributed by atoms with E-state index in [0.717, 1.165) is 5.56 Å². The van der Waals surface area contributed by atoms with Gasteiger partial charge in [-0.15, -0.1) is 0 Å². The molecule has 1 aromatic rings. The Hall–Kier alpha value is -1.39. The van der Waals surface area contributed by atoms with Crippen molar-refractivity contribution < 1.29 is 19.7 Å². The lowest BCUT2D eigenvalue weighted by Gasteiger charge is -2.22. The molecule has 0 bridgehead atoms. The summed E-state index contributed by atoms with van der Waals surface area (Å²) in [5.41, 5.74) is 1.10. The van der Waals surface area contributed by atoms with Crippen LogP contribution in [-0.4, -0.2) is 29.4 Å². The molecule has 18 heavy (non-hydrogen) atoms. The summed E-state index contributed by atoms with van der Waals surface area (Å²) >= 11 is 0. The molecule has 0 aliphatic carbocycles. The van der Waals surface area contributed by atoms with Gasteiger partial charge in [0.05, 0.1) is 13.2 Å². The molecule has 0 aliphatic heterocycles. The van der Waals surface area contributed by atoms with Gasteiger partial charge < -0.3 is 14.9 Å². The minimum absolute atomic E-state index is 0.0345. The van der Waals surface area contributed by atoms with Gasteiger partial charge in [0.1, 0.15) is 0 Å². The first-order chi connectivity index (χ1) is 8.42. The molecule has 2 N–H and O–H groups in total. The predicted octanol–water partition coefficient (Wildman–Crippen LogP) is 1.55. The van der Waals surface area contributed by atoms with Crippen LogP contribution in [0.1, 0.15) is 38.0 Å². The molecule has 1 rings (SSSR count). The summed E-state index contributed by atoms with van der Waals surface area (Å²) in [6, 6.07) is 6.95. The first-order valence-corrected chi connectivity index (χ1v) is 5.98. The second-order valence-electron chi connectivity index (χ2n) is 4.82. The molecule has 0 aliphatic rings. The van der Waals surface area contributed by atoms with Gasteiger partial charge in [0.2, 0.25) is 0 Å². The fourth-order valence-electron chi connectivity index (χ4n) is 1.57. The highest BCUT2D eigenvalue weighted by atomic mass is 16.5. The van der Waals surface area contributed by atoms with E-state index in [4.69, 9.17) is 4.74 Å². The number of aliphatic hydroxyl groups is 2. The third-order valence-corrected chi connectivity index (χ3v) is 2.91. The van der Waals surface area contributed by atoms with E-state index in [0.29, 0.717) is 5.56 Å². The van der Waals surface area contributed by atoms with Crippen LogP contribution in [-0.2, 0) is 14.9 Å². The summed E-state index contributed by atoms with van der Waals surface area (Å²) in [6.45, 7) is 5.81. The Morgan fingerprint density at radius 1 is 1.33 bits per heavy atom. The van der Waals surface area contributed by atoms with Gasteiger partial charge in [0.15, 0.2) is 6.10 Å². The smallest absolute Gasteiger partial charge is 0.339 e. The lowest BCUT2D eigenvalue weighted by Crippen LogP contribution is -2.22. The molecule has 0 saturated heterocycles. The molecule has 0 heterocycles. The van der Waals surface area contributed by atoms with Crippen molar-refractivity contribution in [2.45, 2.75) is 32.3 Å². The van der Waals surface area contributed by atoms with Crippen molar-refractivity contribution >= 4 is 5.97 Å². The molecule has 1 atom stereocenters. The number of ether oxygens (including phenoxy) is 1. The Morgan fingerprint density at radius 2 is 1.89 bits per heavy atom. The Kier molecular flexibility index (Phi) is 4.87. The number of aliphatic hydroxyl groups excluding tert-OH is 2. The molecule has 0 aromatic heterocycles. The van der Waals surface area contributed by atoms with Gasteiger partial charge in [0, 0.05) is 5.41 Å². The Bertz CT molecular complexity index is 395. The molecular formula is C14H20O4. The van der Waals surface area contributed by atoms with Crippen molar-refractivity contribution in [1.82, 2.24) is 0 Å². The summed E-state index contributed by atoms with van der Waals surface area (Å²) in [5, 5.41) is 19.0. The third kappa shape index (κ3) is 3.31. The zero-order valence-corrected chi connectivity index (χ0v) is 11.0. The topological polar surface area (TPSA) is 66.8 Å². The minimum atomic E-state index is -1.25. The minimum Gasteiger partial charge on any atom is -0.464 e. The molecular weight excluding hydrogens is 232 g/mol. The number of esters is 1. The number of carbonyl (C=O) groups is 1. The first-order valence-electron chi connectivity index (χ1n) is 5.98. The third-order valence-electron chi connectivity index (χ3n) is 2.91. The number of benzene rings is 1. The van der Waals surface area contributed by atoms with E-state index in [1.807, 2.05) is 13.8 Å². The standard InChI is InChI=1S/C14H20O4/c1-4-18-13(17)12(16)10-5-7-11(8-6-10)14(2,3)9-15/h5-8,12,15-16H,4,9H2,1-3H3. The fraction of sp³-hybridized carbons (Fsp3) is 0.500. The molecule has 0 fully saturated rings. The van der Waals surface area contributed by atoms with Gasteiger partial charge in [-0.3, -0.25) is 0 Å². The average molecular weight is 252 g/mol. The molecule has 4 heteroatoms. The number of hydrogen-bond donors (Lipinski definition) is 2. The van der Waals surface area contributed by atoms with Crippen molar-refractivity contribution in [3.05, 3.63) is 35.4 Å². The van der Waals surface area contributed by atoms with Gasteiger partial charge in [0.25, 0.3) is 0 Å². The van der Waals surface area contributed by atoms with Gasteiger partial charge in [-0.05, 0) is 18.1 Å². The van der Waals surface area contributed by atoms with Crippen LogP contribution in [0.15, 0.2) is 24.3 Å². The van der Waals surface area contributed by atoms with Crippen LogP contribution in [0.2, 0.25) is 0 Å². The maximum atomic E-state index is 11.4. The van der Waals surface area contributed by atoms with E-state index < -0.39 is 12.1 Å². The Morgan fingerprint density at radius 3 is 2.33 bits per heavy atom. The number of rotatable bonds is 5. The predicted molar refractivity (Wildman–Crippen MR) is 68.1 cm³/mol. The largest absolute Gasteiger partial charge is 0.464 e. The monoisotopic (exact) mass is 252 g/mol. The summed E-state index contributed by atoms with van der Waals surface area (Å²) in [6.07, 6.45) is -1.25. The van der Waals surface area contributed by atoms with E-state index in [2.05, 4.69) is 0 Å². The molecule has 4 nitrogen and oxygen atoms in total. The molecule has 1 aromatic carbocycles. The van der Waals surface area contributed by atoms with Crippen molar-refractivity contribution in [2.24, 2.45) is 0 Å². The van der Waals surface area contributed by atoms with Crippen molar-refractivity contribution in [3.63, 3.8) is 0 Å². The fourth-order valence-corrected chi connectivity index (χ4v) is 1.57. The maximum absolute atomic E-state index is 11.4. The van der Waals surface area contributed by atoms with E-state index in [1.54, 1.807) is 31.2 Å². The van der Waals surface area contributed by atoms with Crippen LogP contribution >= 0.6 is 0 Å². The SMILES string of the molecule is CCOC(=O)C(O)c1ccc(C(C)(C)CO)cc1. The quantitative estimate of drug-likeness (QED) is 0.780. The zero-order valence-electron chi connectivity index (χ0n) is 11.0. The molecule has 1 unspecified atom stereocenters. The van der Waals surface area contributed by atoms with E-state index in [-0.39, 0.29) is 18.6 Å². The summed E-state index contributed by atoms with van der Waals surface area (Å²) in [4.78, 5) is 11.4. The van der Waals surface area contributed by atoms with Crippen molar-refractivity contribution in [3.8, 4) is 0 Å². The van der Waals surface area contributed by atoms with Crippen LogP contribution in [0.5, 0.6) is 0 Å². The first kappa shape index (κ1) is 14.7. The van der Waals surface area contributed by atoms with Crippen molar-refractivity contribution in [2.75, 3.05) is 13.2 Å². The number of carbonyl (C=O) groups excluding carboxylic acids is 1. The van der Waals surface area contributed by atoms with Crippen LogP contribution in [0, 0.1) is 0 Å². The molecule has 0 spiro atoms. The van der Waals surface area contributed by atoms with Gasteiger partial charge >= 0.3 is 5.97 Å². The lowest BCUT2D eigenvalue weighted by molar-refractivity contribution is -0.153. The molecule has 0 radical (unpaired) electrons.